The molecule has 0 unspecified atom stereocenters. The van der Waals surface area contributed by atoms with Gasteiger partial charge in [0, 0.05) is 66.1 Å². The van der Waals surface area contributed by atoms with Crippen molar-refractivity contribution in [3.63, 3.8) is 0 Å². The Morgan fingerprint density at radius 1 is 0.312 bits per heavy atom. The third kappa shape index (κ3) is 8.37. The molecule has 0 saturated carbocycles. The average Bonchev–Trinajstić information content (AvgIpc) is 4.05. The Hall–Kier alpha value is -10.9. The number of fused-ring (bicyclic) bond motifs is 6. The molecule has 10 aromatic carbocycles. The minimum absolute atomic E-state index is 0.304. The molecule has 0 saturated heterocycles. The maximum absolute atomic E-state index is 15.2. The Kier molecular flexibility index (Phi) is 11.5. The number of para-hydroxylation sites is 2. The molecule has 9 nitrogen and oxygen atoms in total. The highest BCUT2D eigenvalue weighted by atomic mass is 19.4. The van der Waals surface area contributed by atoms with Gasteiger partial charge in [-0.3, -0.25) is 0 Å². The van der Waals surface area contributed by atoms with Crippen LogP contribution in [0.2, 0.25) is 0 Å². The van der Waals surface area contributed by atoms with Gasteiger partial charge in [0.1, 0.15) is 0 Å². The summed E-state index contributed by atoms with van der Waals surface area (Å²) in [6, 6.07) is 78.1. The van der Waals surface area contributed by atoms with Crippen molar-refractivity contribution in [1.82, 2.24) is 39.0 Å². The second-order valence-corrected chi connectivity index (χ2v) is 19.3. The molecule has 0 amide bonds. The summed E-state index contributed by atoms with van der Waals surface area (Å²) in [6.45, 7) is 0. The lowest BCUT2D eigenvalue weighted by Gasteiger charge is -2.20. The summed E-state index contributed by atoms with van der Waals surface area (Å²) in [6.07, 6.45) is -4.68. The van der Waals surface area contributed by atoms with Crippen LogP contribution in [0.1, 0.15) is 11.1 Å². The summed E-state index contributed by atoms with van der Waals surface area (Å²) < 4.78 is 49.6. The summed E-state index contributed by atoms with van der Waals surface area (Å²) in [5.74, 6) is 3.02. The third-order valence-electron chi connectivity index (χ3n) is 14.5. The van der Waals surface area contributed by atoms with Crippen molar-refractivity contribution in [2.45, 2.75) is 6.18 Å². The van der Waals surface area contributed by atoms with Gasteiger partial charge in [0.05, 0.1) is 50.6 Å². The number of nitriles is 1. The Balaban J connectivity index is 0.967. The van der Waals surface area contributed by atoms with Crippen LogP contribution in [0, 0.1) is 11.3 Å². The lowest BCUT2D eigenvalue weighted by atomic mass is 9.97. The van der Waals surface area contributed by atoms with Crippen molar-refractivity contribution in [2.75, 3.05) is 0 Å². The molecule has 0 aliphatic rings. The lowest BCUT2D eigenvalue weighted by molar-refractivity contribution is -0.137. The summed E-state index contributed by atoms with van der Waals surface area (Å²) in [4.78, 5) is 29.8. The summed E-state index contributed by atoms with van der Waals surface area (Å²) in [5, 5.41) is 14.0. The Bertz CT molecular complexity index is 4650. The highest BCUT2D eigenvalue weighted by Gasteiger charge is 2.33. The van der Waals surface area contributed by atoms with Gasteiger partial charge >= 0.3 is 6.18 Å². The SMILES string of the molecule is N#Cc1ccc(-c2cc(C(F)(F)F)ccc2-n2c3ccccc3c3cc(-c4nc(-c5ccccc5)nc(-c5ccccc5)n4)ccc32)c(-n2c3ccccc3c3cc(-c4nc(-c5ccccc5)nc(-c5ccccc5)n4)ccc32)c1. The minimum Gasteiger partial charge on any atom is -0.309 e. The molecule has 0 bridgehead atoms. The largest absolute Gasteiger partial charge is 0.416 e. The van der Waals surface area contributed by atoms with E-state index < -0.39 is 11.7 Å². The van der Waals surface area contributed by atoms with Crippen LogP contribution in [0.25, 0.3) is 134 Å². The van der Waals surface area contributed by atoms with Crippen LogP contribution in [-0.2, 0) is 6.18 Å². The molecule has 0 aliphatic carbocycles. The van der Waals surface area contributed by atoms with Crippen molar-refractivity contribution in [3.8, 4) is 96.9 Å². The quantitative estimate of drug-likeness (QED) is 0.142. The van der Waals surface area contributed by atoms with E-state index in [2.05, 4.69) is 6.07 Å². The zero-order chi connectivity index (χ0) is 53.9. The fourth-order valence-electron chi connectivity index (χ4n) is 10.8. The Labute approximate surface area is 455 Å². The first kappa shape index (κ1) is 47.5. The number of hydrogen-bond donors (Lipinski definition) is 0. The van der Waals surface area contributed by atoms with E-state index >= 15 is 13.2 Å². The molecular formula is C68H40F3N9. The molecular weight excluding hydrogens is 1000 g/mol. The van der Waals surface area contributed by atoms with Crippen LogP contribution < -0.4 is 0 Å². The zero-order valence-electron chi connectivity index (χ0n) is 42.3. The fraction of sp³-hybridized carbons (Fsp3) is 0.0147. The van der Waals surface area contributed by atoms with Gasteiger partial charge in [0.2, 0.25) is 0 Å². The van der Waals surface area contributed by atoms with E-state index in [1.54, 1.807) is 24.3 Å². The predicted molar refractivity (Wildman–Crippen MR) is 310 cm³/mol. The zero-order valence-corrected chi connectivity index (χ0v) is 42.3. The number of benzene rings is 10. The maximum atomic E-state index is 15.2. The van der Waals surface area contributed by atoms with Crippen molar-refractivity contribution in [1.29, 1.82) is 5.26 Å². The smallest absolute Gasteiger partial charge is 0.309 e. The van der Waals surface area contributed by atoms with E-state index in [1.807, 2.05) is 215 Å². The van der Waals surface area contributed by atoms with E-state index in [0.29, 0.717) is 63.0 Å². The second kappa shape index (κ2) is 19.3. The van der Waals surface area contributed by atoms with Gasteiger partial charge in [-0.05, 0) is 78.9 Å². The van der Waals surface area contributed by atoms with Crippen molar-refractivity contribution in [3.05, 3.63) is 254 Å². The third-order valence-corrected chi connectivity index (χ3v) is 14.5. The first-order chi connectivity index (χ1) is 39.2. The van der Waals surface area contributed by atoms with Crippen molar-refractivity contribution < 1.29 is 13.2 Å². The lowest BCUT2D eigenvalue weighted by Crippen LogP contribution is -2.08. The molecule has 14 rings (SSSR count). The molecule has 0 N–H and O–H groups in total. The fourth-order valence-corrected chi connectivity index (χ4v) is 10.8. The molecule has 80 heavy (non-hydrogen) atoms. The van der Waals surface area contributed by atoms with Crippen LogP contribution >= 0.6 is 0 Å². The van der Waals surface area contributed by atoms with Gasteiger partial charge < -0.3 is 9.13 Å². The Morgan fingerprint density at radius 3 is 1.10 bits per heavy atom. The maximum Gasteiger partial charge on any atom is 0.416 e. The van der Waals surface area contributed by atoms with Gasteiger partial charge in [0.15, 0.2) is 34.9 Å². The van der Waals surface area contributed by atoms with Crippen LogP contribution in [-0.4, -0.2) is 39.0 Å². The standard InChI is InChI=1S/C68H40F3N9/c69-68(70,71)49-32-36-60(79-56-27-15-13-25-50(56)53-38-47(30-34-58(53)79)66-75-62(43-17-5-1-6-18-43)73-63(76-66)44-19-7-2-8-20-44)55(40-49)52-33-29-42(41-72)37-61(52)80-57-28-16-14-26-51(57)54-39-48(31-35-59(54)80)67-77-64(45-21-9-3-10-22-45)74-65(78-67)46-23-11-4-12-24-46/h1-40H. The predicted octanol–water partition coefficient (Wildman–Crippen LogP) is 16.8. The first-order valence-corrected chi connectivity index (χ1v) is 25.8. The van der Waals surface area contributed by atoms with Crippen LogP contribution in [0.4, 0.5) is 13.2 Å². The molecule has 0 fully saturated rings. The average molecular weight is 1040 g/mol. The van der Waals surface area contributed by atoms with Crippen molar-refractivity contribution >= 4 is 43.6 Å². The Morgan fingerprint density at radius 2 is 0.688 bits per heavy atom. The highest BCUT2D eigenvalue weighted by molar-refractivity contribution is 6.12. The summed E-state index contributed by atoms with van der Waals surface area (Å²) in [5.41, 5.74) is 9.20. The van der Waals surface area contributed by atoms with Crippen LogP contribution in [0.5, 0.6) is 0 Å². The number of hydrogen-bond acceptors (Lipinski definition) is 7. The topological polar surface area (TPSA) is 111 Å². The van der Waals surface area contributed by atoms with Gasteiger partial charge in [-0.2, -0.15) is 18.4 Å². The second-order valence-electron chi connectivity index (χ2n) is 19.3. The molecule has 0 aliphatic heterocycles. The molecule has 0 radical (unpaired) electrons. The van der Waals surface area contributed by atoms with E-state index in [9.17, 15) is 5.26 Å². The van der Waals surface area contributed by atoms with Gasteiger partial charge in [0.25, 0.3) is 0 Å². The van der Waals surface area contributed by atoms with Gasteiger partial charge in [-0.1, -0.05) is 164 Å². The number of aromatic nitrogens is 8. The molecule has 12 heteroatoms. The van der Waals surface area contributed by atoms with Gasteiger partial charge in [-0.25, -0.2) is 29.9 Å². The normalized spacial score (nSPS) is 11.7. The van der Waals surface area contributed by atoms with E-state index in [-0.39, 0.29) is 0 Å². The monoisotopic (exact) mass is 1040 g/mol. The molecule has 14 aromatic rings. The molecule has 0 atom stereocenters. The number of halogens is 3. The number of alkyl halides is 3. The number of rotatable bonds is 9. The van der Waals surface area contributed by atoms with Crippen LogP contribution in [0.15, 0.2) is 243 Å². The summed E-state index contributed by atoms with van der Waals surface area (Å²) >= 11 is 0. The summed E-state index contributed by atoms with van der Waals surface area (Å²) in [7, 11) is 0. The minimum atomic E-state index is -4.68. The van der Waals surface area contributed by atoms with E-state index in [0.717, 1.165) is 83.1 Å². The van der Waals surface area contributed by atoms with E-state index in [1.165, 1.54) is 6.07 Å². The van der Waals surface area contributed by atoms with Gasteiger partial charge in [-0.15, -0.1) is 0 Å². The molecule has 378 valence electrons. The molecule has 4 heterocycles. The van der Waals surface area contributed by atoms with Crippen LogP contribution in [0.3, 0.4) is 0 Å². The number of nitrogens with zero attached hydrogens (tertiary/aromatic N) is 9. The molecule has 0 spiro atoms. The first-order valence-electron chi connectivity index (χ1n) is 25.8. The van der Waals surface area contributed by atoms with Crippen molar-refractivity contribution in [2.24, 2.45) is 0 Å². The highest BCUT2D eigenvalue weighted by Crippen LogP contribution is 2.44. The molecule has 4 aromatic heterocycles. The van der Waals surface area contributed by atoms with E-state index in [4.69, 9.17) is 29.9 Å².